The molecule has 0 aliphatic heterocycles. The summed E-state index contributed by atoms with van der Waals surface area (Å²) in [4.78, 5) is 0. The Morgan fingerprint density at radius 3 is 2.00 bits per heavy atom. The van der Waals surface area contributed by atoms with Crippen LogP contribution in [0.1, 0.15) is 20.8 Å². The van der Waals surface area contributed by atoms with E-state index in [0.717, 1.165) is 11.5 Å². The summed E-state index contributed by atoms with van der Waals surface area (Å²) in [5, 5.41) is 0. The Labute approximate surface area is 94.3 Å². The maximum atomic E-state index is 6.05. The Morgan fingerprint density at radius 2 is 1.64 bits per heavy atom. The van der Waals surface area contributed by atoms with Crippen LogP contribution in [-0.2, 0) is 8.23 Å². The summed E-state index contributed by atoms with van der Waals surface area (Å²) in [7, 11) is -3.08. The van der Waals surface area contributed by atoms with Gasteiger partial charge in [-0.05, 0) is 37.6 Å². The molecule has 0 fully saturated rings. The molecule has 0 saturated heterocycles. The highest BCUT2D eigenvalue weighted by Crippen LogP contribution is 2.17. The summed E-state index contributed by atoms with van der Waals surface area (Å²) < 4.78 is 12.0. The standard InChI is InChI=1S/C9H26O2Si3/c1-8(2)9(3)12-10-14(6,7)11-13(4)5/h8-9,13H,12H2,1-7H3. The Balaban J connectivity index is 3.86. The van der Waals surface area contributed by atoms with Crippen LogP contribution in [0.15, 0.2) is 0 Å². The van der Waals surface area contributed by atoms with Gasteiger partial charge < -0.3 is 8.23 Å². The molecule has 1 unspecified atom stereocenters. The highest BCUT2D eigenvalue weighted by atomic mass is 28.4. The molecule has 0 amide bonds. The second-order valence-electron chi connectivity index (χ2n) is 5.10. The lowest BCUT2D eigenvalue weighted by Crippen LogP contribution is -2.40. The van der Waals surface area contributed by atoms with Crippen molar-refractivity contribution in [3.8, 4) is 0 Å². The first-order valence-electron chi connectivity index (χ1n) is 5.56. The van der Waals surface area contributed by atoms with Gasteiger partial charge in [-0.25, -0.2) is 0 Å². The van der Waals surface area contributed by atoms with Crippen LogP contribution in [-0.4, -0.2) is 27.4 Å². The monoisotopic (exact) mass is 250 g/mol. The van der Waals surface area contributed by atoms with Crippen LogP contribution in [0.3, 0.4) is 0 Å². The molecular weight excluding hydrogens is 224 g/mol. The second kappa shape index (κ2) is 6.22. The molecule has 0 aliphatic carbocycles. The smallest absolute Gasteiger partial charge is 0.310 e. The SMILES string of the molecule is CC(C)C(C)[SiH2]O[Si](C)(C)O[SiH](C)C. The minimum absolute atomic E-state index is 0.400. The van der Waals surface area contributed by atoms with Crippen molar-refractivity contribution in [2.24, 2.45) is 5.92 Å². The fourth-order valence-electron chi connectivity index (χ4n) is 1.13. The molecule has 86 valence electrons. The zero-order valence-corrected chi connectivity index (χ0v) is 14.3. The third-order valence-corrected chi connectivity index (χ3v) is 11.4. The van der Waals surface area contributed by atoms with Gasteiger partial charge in [0.15, 0.2) is 18.8 Å². The van der Waals surface area contributed by atoms with E-state index < -0.39 is 27.4 Å². The van der Waals surface area contributed by atoms with Crippen molar-refractivity contribution in [3.63, 3.8) is 0 Å². The van der Waals surface area contributed by atoms with Crippen molar-refractivity contribution in [3.05, 3.63) is 0 Å². The summed E-state index contributed by atoms with van der Waals surface area (Å²) >= 11 is 0. The first-order chi connectivity index (χ1) is 6.24. The van der Waals surface area contributed by atoms with Crippen LogP contribution in [0.25, 0.3) is 0 Å². The van der Waals surface area contributed by atoms with E-state index in [0.29, 0.717) is 0 Å². The first-order valence-corrected chi connectivity index (χ1v) is 12.6. The normalized spacial score (nSPS) is 16.1. The van der Waals surface area contributed by atoms with Gasteiger partial charge in [0.1, 0.15) is 0 Å². The molecule has 0 radical (unpaired) electrons. The van der Waals surface area contributed by atoms with E-state index in [-0.39, 0.29) is 0 Å². The van der Waals surface area contributed by atoms with Crippen molar-refractivity contribution in [1.29, 1.82) is 0 Å². The van der Waals surface area contributed by atoms with Crippen molar-refractivity contribution in [1.82, 2.24) is 0 Å². The van der Waals surface area contributed by atoms with Gasteiger partial charge in [0.25, 0.3) is 0 Å². The highest BCUT2D eigenvalue weighted by Gasteiger charge is 2.26. The zero-order valence-electron chi connectivity index (χ0n) is 10.8. The van der Waals surface area contributed by atoms with Crippen molar-refractivity contribution in [2.75, 3.05) is 0 Å². The molecule has 0 N–H and O–H groups in total. The first kappa shape index (κ1) is 14.6. The minimum Gasteiger partial charge on any atom is -0.442 e. The predicted octanol–water partition coefficient (Wildman–Crippen LogP) is 2.25. The van der Waals surface area contributed by atoms with Gasteiger partial charge in [-0.3, -0.25) is 0 Å². The van der Waals surface area contributed by atoms with E-state index in [4.69, 9.17) is 8.23 Å². The van der Waals surface area contributed by atoms with E-state index in [9.17, 15) is 0 Å². The van der Waals surface area contributed by atoms with Crippen LogP contribution in [0, 0.1) is 5.92 Å². The lowest BCUT2D eigenvalue weighted by molar-refractivity contribution is 0.409. The fraction of sp³-hybridized carbons (Fsp3) is 1.00. The van der Waals surface area contributed by atoms with Gasteiger partial charge in [0.2, 0.25) is 0 Å². The summed E-state index contributed by atoms with van der Waals surface area (Å²) in [5.41, 5.74) is 0.763. The maximum absolute atomic E-state index is 6.05. The third-order valence-electron chi connectivity index (χ3n) is 2.35. The predicted molar refractivity (Wildman–Crippen MR) is 71.3 cm³/mol. The maximum Gasteiger partial charge on any atom is 0.310 e. The van der Waals surface area contributed by atoms with Crippen LogP contribution in [0.4, 0.5) is 0 Å². The molecule has 0 spiro atoms. The number of hydrogen-bond acceptors (Lipinski definition) is 2. The molecule has 0 saturated carbocycles. The molecule has 14 heavy (non-hydrogen) atoms. The van der Waals surface area contributed by atoms with Gasteiger partial charge in [-0.1, -0.05) is 20.8 Å². The zero-order chi connectivity index (χ0) is 11.4. The molecule has 0 aliphatic rings. The Bertz CT molecular complexity index is 160. The lowest BCUT2D eigenvalue weighted by Gasteiger charge is -2.28. The molecule has 0 aromatic carbocycles. The summed E-state index contributed by atoms with van der Waals surface area (Å²) in [6, 6.07) is 0. The average molecular weight is 251 g/mol. The Morgan fingerprint density at radius 1 is 1.14 bits per heavy atom. The van der Waals surface area contributed by atoms with Crippen molar-refractivity contribution in [2.45, 2.75) is 52.5 Å². The fourth-order valence-corrected chi connectivity index (χ4v) is 9.59. The molecule has 0 rings (SSSR count). The summed E-state index contributed by atoms with van der Waals surface area (Å²) in [6.07, 6.45) is 0. The van der Waals surface area contributed by atoms with Gasteiger partial charge in [-0.15, -0.1) is 0 Å². The quantitative estimate of drug-likeness (QED) is 0.673. The van der Waals surface area contributed by atoms with Crippen LogP contribution >= 0.6 is 0 Å². The van der Waals surface area contributed by atoms with Crippen LogP contribution in [0.2, 0.25) is 31.7 Å². The van der Waals surface area contributed by atoms with Crippen molar-refractivity contribution >= 4 is 27.4 Å². The Kier molecular flexibility index (Phi) is 6.47. The van der Waals surface area contributed by atoms with Gasteiger partial charge in [-0.2, -0.15) is 0 Å². The van der Waals surface area contributed by atoms with E-state index in [2.05, 4.69) is 47.0 Å². The highest BCUT2D eigenvalue weighted by molar-refractivity contribution is 6.76. The van der Waals surface area contributed by atoms with E-state index in [1.54, 1.807) is 0 Å². The molecular formula is C9H26O2Si3. The molecule has 2 nitrogen and oxygen atoms in total. The largest absolute Gasteiger partial charge is 0.442 e. The van der Waals surface area contributed by atoms with Crippen LogP contribution in [0.5, 0.6) is 0 Å². The third kappa shape index (κ3) is 6.94. The van der Waals surface area contributed by atoms with Gasteiger partial charge >= 0.3 is 8.56 Å². The average Bonchev–Trinajstić information content (AvgIpc) is 1.97. The van der Waals surface area contributed by atoms with E-state index >= 15 is 0 Å². The van der Waals surface area contributed by atoms with Gasteiger partial charge in [0, 0.05) is 0 Å². The topological polar surface area (TPSA) is 18.5 Å². The summed E-state index contributed by atoms with van der Waals surface area (Å²) in [5.74, 6) is 0.753. The van der Waals surface area contributed by atoms with Crippen molar-refractivity contribution < 1.29 is 8.23 Å². The number of rotatable bonds is 6. The molecule has 1 atom stereocenters. The lowest BCUT2D eigenvalue weighted by atomic mass is 10.1. The van der Waals surface area contributed by atoms with Crippen LogP contribution < -0.4 is 0 Å². The Hall–Kier alpha value is 0.571. The summed E-state index contributed by atoms with van der Waals surface area (Å²) in [6.45, 7) is 15.6. The molecule has 5 heteroatoms. The minimum atomic E-state index is -1.75. The molecule has 0 aromatic rings. The molecule has 0 aromatic heterocycles. The van der Waals surface area contributed by atoms with Gasteiger partial charge in [0.05, 0.1) is 0 Å². The second-order valence-corrected chi connectivity index (χ2v) is 13.7. The molecule has 0 bridgehead atoms. The van der Waals surface area contributed by atoms with E-state index in [1.165, 1.54) is 0 Å². The van der Waals surface area contributed by atoms with E-state index in [1.807, 2.05) is 0 Å². The number of hydrogen-bond donors (Lipinski definition) is 0. The molecule has 0 heterocycles.